The van der Waals surface area contributed by atoms with Crippen molar-refractivity contribution in [1.29, 1.82) is 0 Å². The number of hydrogen-bond donors (Lipinski definition) is 4. The van der Waals surface area contributed by atoms with Crippen molar-refractivity contribution in [2.45, 2.75) is 50.4 Å². The van der Waals surface area contributed by atoms with Crippen LogP contribution in [0.3, 0.4) is 0 Å². The van der Waals surface area contributed by atoms with Gasteiger partial charge in [-0.3, -0.25) is 38.8 Å². The number of methoxy groups -OCH3 is 3. The van der Waals surface area contributed by atoms with Gasteiger partial charge in [-0.05, 0) is 43.9 Å². The van der Waals surface area contributed by atoms with E-state index in [0.29, 0.717) is 51.6 Å². The van der Waals surface area contributed by atoms with E-state index in [-0.39, 0.29) is 58.8 Å². The second-order valence-electron chi connectivity index (χ2n) is 12.9. The fraction of sp³-hybridized carbons (Fsp3) is 0.730. The summed E-state index contributed by atoms with van der Waals surface area (Å²) < 4.78 is 31.3. The third-order valence-corrected chi connectivity index (χ3v) is 9.62. The molecule has 55 heavy (non-hydrogen) atoms. The summed E-state index contributed by atoms with van der Waals surface area (Å²) in [6.07, 6.45) is 1.41. The largest absolute Gasteiger partial charge is 0.491 e. The van der Waals surface area contributed by atoms with Crippen LogP contribution in [0.25, 0.3) is 0 Å². The lowest BCUT2D eigenvalue weighted by molar-refractivity contribution is -0.153. The summed E-state index contributed by atoms with van der Waals surface area (Å²) in [5.41, 5.74) is 1.00. The lowest BCUT2D eigenvalue weighted by atomic mass is 10.0. The third kappa shape index (κ3) is 16.3. The number of carbonyl (C=O) groups excluding carboxylic acids is 3. The third-order valence-electron chi connectivity index (χ3n) is 9.62. The number of carbonyl (C=O) groups is 4. The van der Waals surface area contributed by atoms with E-state index >= 15 is 0 Å². The van der Waals surface area contributed by atoms with Crippen LogP contribution >= 0.6 is 0 Å². The first kappa shape index (κ1) is 47.7. The summed E-state index contributed by atoms with van der Waals surface area (Å²) in [6, 6.07) is 3.37. The van der Waals surface area contributed by atoms with Crippen LogP contribution < -0.4 is 4.74 Å². The molecule has 0 radical (unpaired) electrons. The van der Waals surface area contributed by atoms with Crippen LogP contribution in [0, 0.1) is 0 Å². The van der Waals surface area contributed by atoms with E-state index in [1.165, 1.54) is 21.3 Å². The molecule has 18 nitrogen and oxygen atoms in total. The minimum Gasteiger partial charge on any atom is -0.491 e. The van der Waals surface area contributed by atoms with Gasteiger partial charge in [-0.2, -0.15) is 0 Å². The molecule has 1 heterocycles. The highest BCUT2D eigenvalue weighted by atomic mass is 16.5. The number of carboxylic acid groups (broad SMARTS) is 1. The lowest BCUT2D eigenvalue weighted by Gasteiger charge is -2.39. The van der Waals surface area contributed by atoms with Gasteiger partial charge in [0.25, 0.3) is 0 Å². The Balaban J connectivity index is 2.29. The highest BCUT2D eigenvalue weighted by Gasteiger charge is 2.35. The Kier molecular flexibility index (Phi) is 23.6. The fourth-order valence-electron chi connectivity index (χ4n) is 6.44. The molecule has 4 atom stereocenters. The van der Waals surface area contributed by atoms with Crippen molar-refractivity contribution >= 4 is 23.9 Å². The van der Waals surface area contributed by atoms with Gasteiger partial charge in [-0.25, -0.2) is 0 Å². The maximum atomic E-state index is 12.9. The van der Waals surface area contributed by atoms with Crippen LogP contribution in [0.2, 0.25) is 0 Å². The number of esters is 3. The Labute approximate surface area is 323 Å². The zero-order valence-corrected chi connectivity index (χ0v) is 32.7. The predicted octanol–water partition coefficient (Wildman–Crippen LogP) is -1.28. The summed E-state index contributed by atoms with van der Waals surface area (Å²) in [5.74, 6) is -2.43. The van der Waals surface area contributed by atoms with Gasteiger partial charge in [-0.15, -0.1) is 0 Å². The van der Waals surface area contributed by atoms with Gasteiger partial charge in [0.05, 0.1) is 61.0 Å². The summed E-state index contributed by atoms with van der Waals surface area (Å²) >= 11 is 0. The number of aliphatic hydroxyl groups excluding tert-OH is 3. The van der Waals surface area contributed by atoms with Crippen LogP contribution in [0.4, 0.5) is 0 Å². The molecule has 2 rings (SSSR count). The number of aliphatic hydroxyl groups is 3. The first-order chi connectivity index (χ1) is 26.6. The second-order valence-corrected chi connectivity index (χ2v) is 12.9. The summed E-state index contributed by atoms with van der Waals surface area (Å²) in [5, 5.41) is 41.1. The standard InChI is InChI=1S/C37H62N4O14/c1-5-53-21-22-54-23-24-55-29-11-9-28(10-12-29)7-6-8-30(34(45)46)38-13-15-39(31(25-42)35(47)50-2)17-19-41(33(27-44)37(49)52-4)20-18-40(16-14-38)32(26-43)36(48)51-3/h9-12,30-33,42-44H,5-8,13-27H2,1-4H3,(H,45,46)/t30-,31+,32+,33+/m0/s1. The molecule has 1 saturated heterocycles. The average Bonchev–Trinajstić information content (AvgIpc) is 3.19. The molecule has 314 valence electrons. The molecule has 1 aromatic rings. The summed E-state index contributed by atoms with van der Waals surface area (Å²) in [6.45, 7) is 3.66. The zero-order valence-electron chi connectivity index (χ0n) is 32.7. The topological polar surface area (TPSA) is 218 Å². The van der Waals surface area contributed by atoms with Gasteiger partial charge in [0.15, 0.2) is 0 Å². The first-order valence-corrected chi connectivity index (χ1v) is 18.7. The normalized spacial score (nSPS) is 17.9. The van der Waals surface area contributed by atoms with Gasteiger partial charge >= 0.3 is 23.9 Å². The van der Waals surface area contributed by atoms with Crippen molar-refractivity contribution in [3.63, 3.8) is 0 Å². The molecule has 18 heteroatoms. The molecular weight excluding hydrogens is 724 g/mol. The highest BCUT2D eigenvalue weighted by molar-refractivity contribution is 5.77. The van der Waals surface area contributed by atoms with Gasteiger partial charge < -0.3 is 48.8 Å². The van der Waals surface area contributed by atoms with E-state index in [1.807, 2.05) is 31.2 Å². The Hall–Kier alpha value is -3.46. The van der Waals surface area contributed by atoms with Crippen molar-refractivity contribution in [3.05, 3.63) is 29.8 Å². The lowest BCUT2D eigenvalue weighted by Crippen LogP contribution is -2.57. The van der Waals surface area contributed by atoms with Crippen molar-refractivity contribution in [2.24, 2.45) is 0 Å². The Bertz CT molecular complexity index is 1220. The number of aryl methyl sites for hydroxylation is 1. The molecule has 1 aromatic carbocycles. The minimum absolute atomic E-state index is 0.109. The van der Waals surface area contributed by atoms with Gasteiger partial charge in [0.1, 0.15) is 36.5 Å². The van der Waals surface area contributed by atoms with Crippen molar-refractivity contribution in [3.8, 4) is 5.75 Å². The molecule has 0 unspecified atom stereocenters. The molecule has 4 N–H and O–H groups in total. The highest BCUT2D eigenvalue weighted by Crippen LogP contribution is 2.18. The molecule has 1 fully saturated rings. The fourth-order valence-corrected chi connectivity index (χ4v) is 6.44. The molecule has 1 aliphatic rings. The minimum atomic E-state index is -1.08. The molecule has 0 spiro atoms. The maximum Gasteiger partial charge on any atom is 0.325 e. The van der Waals surface area contributed by atoms with E-state index in [4.69, 9.17) is 28.4 Å². The van der Waals surface area contributed by atoms with Crippen molar-refractivity contribution in [1.82, 2.24) is 19.6 Å². The quantitative estimate of drug-likeness (QED) is 0.0577. The number of hydrogen-bond acceptors (Lipinski definition) is 17. The van der Waals surface area contributed by atoms with Gasteiger partial charge in [-0.1, -0.05) is 12.1 Å². The number of aliphatic carboxylic acids is 1. The van der Waals surface area contributed by atoms with Crippen LogP contribution in [-0.4, -0.2) is 215 Å². The van der Waals surface area contributed by atoms with E-state index in [0.717, 1.165) is 5.56 Å². The average molecular weight is 787 g/mol. The second kappa shape index (κ2) is 27.2. The van der Waals surface area contributed by atoms with Crippen molar-refractivity contribution in [2.75, 3.05) is 127 Å². The summed E-state index contributed by atoms with van der Waals surface area (Å²) in [4.78, 5) is 57.8. The number of nitrogens with zero attached hydrogens (tertiary/aromatic N) is 4. The molecule has 0 aromatic heterocycles. The predicted molar refractivity (Wildman–Crippen MR) is 199 cm³/mol. The molecular formula is C37H62N4O14. The molecule has 0 amide bonds. The van der Waals surface area contributed by atoms with Crippen LogP contribution in [0.1, 0.15) is 25.3 Å². The van der Waals surface area contributed by atoms with E-state index in [9.17, 15) is 39.6 Å². The molecule has 0 saturated carbocycles. The summed E-state index contributed by atoms with van der Waals surface area (Å²) in [7, 11) is 3.60. The molecule has 0 aliphatic carbocycles. The van der Waals surface area contributed by atoms with Crippen LogP contribution in [-0.2, 0) is 49.3 Å². The Morgan fingerprint density at radius 3 is 1.35 bits per heavy atom. The number of carboxylic acids is 1. The zero-order chi connectivity index (χ0) is 40.6. The van der Waals surface area contributed by atoms with Crippen molar-refractivity contribution < 1.29 is 68.0 Å². The Morgan fingerprint density at radius 1 is 0.600 bits per heavy atom. The number of ether oxygens (including phenoxy) is 6. The molecule has 1 aliphatic heterocycles. The van der Waals surface area contributed by atoms with Gasteiger partial charge in [0.2, 0.25) is 0 Å². The van der Waals surface area contributed by atoms with E-state index in [1.54, 1.807) is 19.6 Å². The van der Waals surface area contributed by atoms with E-state index < -0.39 is 67.9 Å². The van der Waals surface area contributed by atoms with E-state index in [2.05, 4.69) is 0 Å². The SMILES string of the molecule is CCOCCOCCOc1ccc(CCC[C@@H](C(=O)O)N2CCN([C@H](CO)C(=O)OC)CCN([C@H](CO)C(=O)OC)CCN([C@H](CO)C(=O)OC)CC2)cc1. The van der Waals surface area contributed by atoms with Gasteiger partial charge in [0, 0.05) is 59.0 Å². The maximum absolute atomic E-state index is 12.9. The smallest absolute Gasteiger partial charge is 0.325 e. The van der Waals surface area contributed by atoms with Crippen LogP contribution in [0.5, 0.6) is 5.75 Å². The monoisotopic (exact) mass is 786 g/mol. The molecule has 0 bridgehead atoms. The number of benzene rings is 1. The number of rotatable bonds is 23. The first-order valence-electron chi connectivity index (χ1n) is 18.7. The van der Waals surface area contributed by atoms with Crippen LogP contribution in [0.15, 0.2) is 24.3 Å². The Morgan fingerprint density at radius 2 is 0.982 bits per heavy atom.